The Morgan fingerprint density at radius 3 is 3.06 bits per heavy atom. The maximum absolute atomic E-state index is 10.7. The smallest absolute Gasteiger partial charge is 0.378 e. The van der Waals surface area contributed by atoms with Gasteiger partial charge in [-0.1, -0.05) is 0 Å². The Kier molecular flexibility index (Phi) is 3.85. The molecule has 0 aromatic carbocycles. The summed E-state index contributed by atoms with van der Waals surface area (Å²) in [6.45, 7) is 1.46. The van der Waals surface area contributed by atoms with Crippen molar-refractivity contribution >= 4 is 11.5 Å². The second kappa shape index (κ2) is 5.76. The predicted molar refractivity (Wildman–Crippen MR) is 66.2 cm³/mol. The number of rotatable bonds is 6. The van der Waals surface area contributed by atoms with Gasteiger partial charge >= 0.3 is 5.82 Å². The molecule has 0 atom stereocenters. The quantitative estimate of drug-likeness (QED) is 0.477. The average molecular weight is 247 g/mol. The molecule has 7 nitrogen and oxygen atoms in total. The Balaban J connectivity index is 1.85. The Bertz CT molecular complexity index is 512. The van der Waals surface area contributed by atoms with Crippen LogP contribution in [0.1, 0.15) is 6.42 Å². The van der Waals surface area contributed by atoms with Gasteiger partial charge in [0.25, 0.3) is 0 Å². The summed E-state index contributed by atoms with van der Waals surface area (Å²) in [6, 6.07) is 3.33. The lowest BCUT2D eigenvalue weighted by Crippen LogP contribution is -2.08. The molecular formula is C11H13N5O2. The first-order valence-electron chi connectivity index (χ1n) is 5.56. The molecule has 2 heterocycles. The van der Waals surface area contributed by atoms with E-state index in [0.29, 0.717) is 12.2 Å². The van der Waals surface area contributed by atoms with Gasteiger partial charge in [0.15, 0.2) is 0 Å². The van der Waals surface area contributed by atoms with Crippen LogP contribution < -0.4 is 5.32 Å². The molecular weight excluding hydrogens is 234 g/mol. The van der Waals surface area contributed by atoms with Crippen LogP contribution in [0.25, 0.3) is 0 Å². The number of nitrogens with one attached hydrogen (secondary N) is 1. The zero-order chi connectivity index (χ0) is 12.8. The maximum Gasteiger partial charge on any atom is 0.386 e. The summed E-state index contributed by atoms with van der Waals surface area (Å²) in [5.41, 5.74) is 0.452. The van der Waals surface area contributed by atoms with Gasteiger partial charge < -0.3 is 20.0 Å². The Morgan fingerprint density at radius 2 is 2.33 bits per heavy atom. The van der Waals surface area contributed by atoms with Gasteiger partial charge in [0.2, 0.25) is 0 Å². The minimum atomic E-state index is -0.488. The highest BCUT2D eigenvalue weighted by atomic mass is 16.6. The largest absolute Gasteiger partial charge is 0.386 e. The molecule has 18 heavy (non-hydrogen) atoms. The van der Waals surface area contributed by atoms with Gasteiger partial charge in [0, 0.05) is 25.5 Å². The summed E-state index contributed by atoms with van der Waals surface area (Å²) in [5.74, 6) is -0.139. The molecule has 0 aliphatic rings. The molecule has 0 unspecified atom stereocenters. The van der Waals surface area contributed by atoms with Crippen molar-refractivity contribution in [2.45, 2.75) is 13.0 Å². The number of nitrogens with zero attached hydrogens (tertiary/aromatic N) is 4. The summed E-state index contributed by atoms with van der Waals surface area (Å²) in [5, 5.41) is 13.8. The van der Waals surface area contributed by atoms with E-state index >= 15 is 0 Å². The molecule has 2 rings (SSSR count). The van der Waals surface area contributed by atoms with Crippen molar-refractivity contribution in [1.82, 2.24) is 14.5 Å². The topological polar surface area (TPSA) is 85.9 Å². The van der Waals surface area contributed by atoms with Crippen LogP contribution in [0.4, 0.5) is 11.5 Å². The fraction of sp³-hybridized carbons (Fsp3) is 0.273. The molecule has 0 bridgehead atoms. The van der Waals surface area contributed by atoms with Gasteiger partial charge in [-0.25, -0.2) is 4.98 Å². The Labute approximate surface area is 104 Å². The molecule has 0 aliphatic heterocycles. The molecule has 0 saturated heterocycles. The first-order chi connectivity index (χ1) is 8.77. The lowest BCUT2D eigenvalue weighted by Gasteiger charge is -2.06. The molecule has 0 saturated carbocycles. The first-order valence-corrected chi connectivity index (χ1v) is 5.56. The third-order valence-corrected chi connectivity index (χ3v) is 2.43. The van der Waals surface area contributed by atoms with E-state index in [1.165, 1.54) is 6.20 Å². The number of hydrogen-bond donors (Lipinski definition) is 1. The summed E-state index contributed by atoms with van der Waals surface area (Å²) in [6.07, 6.45) is 7.61. The van der Waals surface area contributed by atoms with Crippen molar-refractivity contribution in [3.8, 4) is 0 Å². The zero-order valence-electron chi connectivity index (χ0n) is 9.69. The third kappa shape index (κ3) is 3.03. The summed E-state index contributed by atoms with van der Waals surface area (Å²) < 4.78 is 1.96. The molecule has 7 heteroatoms. The number of aryl methyl sites for hydroxylation is 1. The van der Waals surface area contributed by atoms with E-state index in [-0.39, 0.29) is 5.82 Å². The van der Waals surface area contributed by atoms with Crippen LogP contribution >= 0.6 is 0 Å². The standard InChI is InChI=1S/C11H13N5O2/c17-16(18)11-10(3-1-4-14-11)13-5-2-7-15-8-6-12-9-15/h1,3-4,6,8-9,13H,2,5,7H2. The van der Waals surface area contributed by atoms with E-state index in [2.05, 4.69) is 15.3 Å². The minimum absolute atomic E-state index is 0.139. The summed E-state index contributed by atoms with van der Waals surface area (Å²) in [7, 11) is 0. The summed E-state index contributed by atoms with van der Waals surface area (Å²) >= 11 is 0. The van der Waals surface area contributed by atoms with Gasteiger partial charge in [-0.05, 0) is 28.5 Å². The van der Waals surface area contributed by atoms with E-state index in [1.54, 1.807) is 24.7 Å². The van der Waals surface area contributed by atoms with Crippen molar-refractivity contribution in [3.63, 3.8) is 0 Å². The van der Waals surface area contributed by atoms with E-state index in [4.69, 9.17) is 0 Å². The number of hydrogen-bond acceptors (Lipinski definition) is 5. The molecule has 0 fully saturated rings. The van der Waals surface area contributed by atoms with E-state index in [1.807, 2.05) is 10.8 Å². The van der Waals surface area contributed by atoms with Crippen LogP contribution in [0.5, 0.6) is 0 Å². The van der Waals surface area contributed by atoms with Crippen molar-refractivity contribution < 1.29 is 4.92 Å². The van der Waals surface area contributed by atoms with Crippen LogP contribution in [-0.2, 0) is 6.54 Å². The molecule has 0 radical (unpaired) electrons. The monoisotopic (exact) mass is 247 g/mol. The highest BCUT2D eigenvalue weighted by molar-refractivity contribution is 5.56. The van der Waals surface area contributed by atoms with Gasteiger partial charge in [0.05, 0.1) is 6.33 Å². The van der Waals surface area contributed by atoms with Crippen molar-refractivity contribution in [1.29, 1.82) is 0 Å². The SMILES string of the molecule is O=[N+]([O-])c1ncccc1NCCCn1ccnc1. The van der Waals surface area contributed by atoms with E-state index < -0.39 is 4.92 Å². The molecule has 1 N–H and O–H groups in total. The van der Waals surface area contributed by atoms with Crippen molar-refractivity contribution in [3.05, 3.63) is 47.2 Å². The van der Waals surface area contributed by atoms with Gasteiger partial charge in [0.1, 0.15) is 11.9 Å². The lowest BCUT2D eigenvalue weighted by molar-refractivity contribution is -0.388. The normalized spacial score (nSPS) is 10.2. The minimum Gasteiger partial charge on any atom is -0.378 e. The van der Waals surface area contributed by atoms with Crippen LogP contribution in [0.2, 0.25) is 0 Å². The number of anilines is 1. The number of aromatic nitrogens is 3. The Hall–Kier alpha value is -2.44. The predicted octanol–water partition coefficient (Wildman–Crippen LogP) is 1.69. The van der Waals surface area contributed by atoms with Crippen LogP contribution in [-0.4, -0.2) is 26.0 Å². The molecule has 0 aliphatic carbocycles. The average Bonchev–Trinajstić information content (AvgIpc) is 2.88. The second-order valence-corrected chi connectivity index (χ2v) is 3.71. The van der Waals surface area contributed by atoms with E-state index in [0.717, 1.165) is 13.0 Å². The number of nitro groups is 1. The van der Waals surface area contributed by atoms with E-state index in [9.17, 15) is 10.1 Å². The highest BCUT2D eigenvalue weighted by Gasteiger charge is 2.12. The van der Waals surface area contributed by atoms with Crippen LogP contribution in [0.15, 0.2) is 37.1 Å². The second-order valence-electron chi connectivity index (χ2n) is 3.71. The maximum atomic E-state index is 10.7. The molecule has 0 amide bonds. The van der Waals surface area contributed by atoms with Crippen molar-refractivity contribution in [2.24, 2.45) is 0 Å². The van der Waals surface area contributed by atoms with Crippen LogP contribution in [0.3, 0.4) is 0 Å². The Morgan fingerprint density at radius 1 is 1.44 bits per heavy atom. The third-order valence-electron chi connectivity index (χ3n) is 2.43. The van der Waals surface area contributed by atoms with Crippen LogP contribution in [0, 0.1) is 10.1 Å². The molecule has 94 valence electrons. The molecule has 2 aromatic rings. The fourth-order valence-corrected chi connectivity index (χ4v) is 1.58. The van der Waals surface area contributed by atoms with Gasteiger partial charge in [-0.15, -0.1) is 0 Å². The lowest BCUT2D eigenvalue weighted by atomic mass is 10.3. The fourth-order valence-electron chi connectivity index (χ4n) is 1.58. The first kappa shape index (κ1) is 12.0. The molecule has 0 spiro atoms. The van der Waals surface area contributed by atoms with Gasteiger partial charge in [-0.2, -0.15) is 0 Å². The highest BCUT2D eigenvalue weighted by Crippen LogP contribution is 2.19. The van der Waals surface area contributed by atoms with Gasteiger partial charge in [-0.3, -0.25) is 0 Å². The number of imidazole rings is 1. The number of pyridine rings is 1. The molecule has 2 aromatic heterocycles. The van der Waals surface area contributed by atoms with Crippen molar-refractivity contribution in [2.75, 3.05) is 11.9 Å². The summed E-state index contributed by atoms with van der Waals surface area (Å²) in [4.78, 5) is 17.9. The zero-order valence-corrected chi connectivity index (χ0v) is 9.69.